The standard InChI is InChI=1S/C31H47NO3/c1-20(19-32-13-15-34-16-14-32)5-8-27-21(2)29-28(35-27)18-26-24-7-6-22-17-23(33)9-11-30(22,3)25(24)10-12-31(26,29)4/h6,20,24-26,28-29H,5,7-19H2,1-4H3/t20-,24-,25+,26+,28+,29+,30+,31+/m1/s1. The fourth-order valence-corrected chi connectivity index (χ4v) is 9.75. The van der Waals surface area contributed by atoms with E-state index in [9.17, 15) is 4.79 Å². The molecule has 0 unspecified atom stereocenters. The maximum absolute atomic E-state index is 12.2. The Morgan fingerprint density at radius 2 is 1.97 bits per heavy atom. The highest BCUT2D eigenvalue weighted by Crippen LogP contribution is 2.68. The van der Waals surface area contributed by atoms with Gasteiger partial charge in [-0.15, -0.1) is 0 Å². The predicted molar refractivity (Wildman–Crippen MR) is 139 cm³/mol. The number of ether oxygens (including phenoxy) is 2. The number of fused-ring (bicyclic) bond motifs is 7. The number of carbonyl (C=O) groups excluding carboxylic acids is 1. The summed E-state index contributed by atoms with van der Waals surface area (Å²) in [6.45, 7) is 15.1. The summed E-state index contributed by atoms with van der Waals surface area (Å²) in [4.78, 5) is 14.7. The third-order valence-corrected chi connectivity index (χ3v) is 11.7. The summed E-state index contributed by atoms with van der Waals surface area (Å²) in [5.74, 6) is 5.40. The average molecular weight is 482 g/mol. The molecule has 6 aliphatic rings. The first-order valence-electron chi connectivity index (χ1n) is 14.7. The smallest absolute Gasteiger partial charge is 0.136 e. The van der Waals surface area contributed by atoms with Gasteiger partial charge in [0.25, 0.3) is 0 Å². The monoisotopic (exact) mass is 481 g/mol. The number of hydrogen-bond donors (Lipinski definition) is 0. The lowest BCUT2D eigenvalue weighted by Crippen LogP contribution is -2.50. The van der Waals surface area contributed by atoms with E-state index in [1.807, 2.05) is 0 Å². The summed E-state index contributed by atoms with van der Waals surface area (Å²) >= 11 is 0. The number of nitrogens with zero attached hydrogens (tertiary/aromatic N) is 1. The second kappa shape index (κ2) is 9.01. The van der Waals surface area contributed by atoms with Crippen LogP contribution in [-0.2, 0) is 14.3 Å². The van der Waals surface area contributed by atoms with Crippen LogP contribution in [0.5, 0.6) is 0 Å². The van der Waals surface area contributed by atoms with Crippen molar-refractivity contribution in [2.45, 2.75) is 91.6 Å². The molecule has 3 saturated carbocycles. The van der Waals surface area contributed by atoms with E-state index in [-0.39, 0.29) is 5.41 Å². The number of rotatable bonds is 5. The summed E-state index contributed by atoms with van der Waals surface area (Å²) < 4.78 is 12.3. The fourth-order valence-electron chi connectivity index (χ4n) is 9.75. The molecule has 6 rings (SSSR count). The lowest BCUT2D eigenvalue weighted by molar-refractivity contribution is -0.122. The Labute approximate surface area is 212 Å². The molecule has 2 aliphatic heterocycles. The van der Waals surface area contributed by atoms with E-state index in [1.54, 1.807) is 5.57 Å². The Balaban J connectivity index is 1.14. The zero-order valence-electron chi connectivity index (χ0n) is 22.6. The van der Waals surface area contributed by atoms with Crippen LogP contribution >= 0.6 is 0 Å². The second-order valence-corrected chi connectivity index (χ2v) is 13.6. The van der Waals surface area contributed by atoms with Gasteiger partial charge in [0.2, 0.25) is 0 Å². The molecule has 0 N–H and O–H groups in total. The van der Waals surface area contributed by atoms with Crippen LogP contribution in [0.2, 0.25) is 0 Å². The molecule has 0 aromatic carbocycles. The van der Waals surface area contributed by atoms with E-state index in [1.165, 1.54) is 50.0 Å². The highest BCUT2D eigenvalue weighted by molar-refractivity contribution is 5.82. The van der Waals surface area contributed by atoms with Crippen molar-refractivity contribution < 1.29 is 14.3 Å². The largest absolute Gasteiger partial charge is 0.494 e. The number of carbonyl (C=O) groups is 1. The molecule has 0 aromatic rings. The molecule has 0 aromatic heterocycles. The topological polar surface area (TPSA) is 38.8 Å². The average Bonchev–Trinajstić information content (AvgIpc) is 3.32. The molecule has 0 spiro atoms. The van der Waals surface area contributed by atoms with Gasteiger partial charge < -0.3 is 9.47 Å². The van der Waals surface area contributed by atoms with E-state index in [4.69, 9.17) is 9.47 Å². The first kappa shape index (κ1) is 24.2. The summed E-state index contributed by atoms with van der Waals surface area (Å²) in [5, 5.41) is 0. The zero-order valence-corrected chi connectivity index (χ0v) is 22.6. The number of morpholine rings is 1. The molecule has 194 valence electrons. The van der Waals surface area contributed by atoms with Crippen molar-refractivity contribution in [1.82, 2.24) is 4.90 Å². The Hall–Kier alpha value is -1.13. The molecule has 4 nitrogen and oxygen atoms in total. The molecule has 0 amide bonds. The van der Waals surface area contributed by atoms with Crippen LogP contribution in [-0.4, -0.2) is 49.6 Å². The number of allylic oxidation sites excluding steroid dienone is 3. The highest BCUT2D eigenvalue weighted by Gasteiger charge is 2.63. The molecule has 4 fully saturated rings. The van der Waals surface area contributed by atoms with Gasteiger partial charge in [0, 0.05) is 44.8 Å². The van der Waals surface area contributed by atoms with Crippen LogP contribution in [0, 0.1) is 40.4 Å². The van der Waals surface area contributed by atoms with Crippen molar-refractivity contribution in [1.29, 1.82) is 0 Å². The van der Waals surface area contributed by atoms with Gasteiger partial charge in [-0.3, -0.25) is 9.69 Å². The first-order valence-corrected chi connectivity index (χ1v) is 14.7. The van der Waals surface area contributed by atoms with Crippen molar-refractivity contribution >= 4 is 5.78 Å². The van der Waals surface area contributed by atoms with Crippen molar-refractivity contribution in [3.05, 3.63) is 23.0 Å². The minimum Gasteiger partial charge on any atom is -0.494 e. The van der Waals surface area contributed by atoms with Gasteiger partial charge in [-0.25, -0.2) is 0 Å². The maximum atomic E-state index is 12.2. The molecule has 2 heterocycles. The molecule has 35 heavy (non-hydrogen) atoms. The SMILES string of the molecule is CC1=C(CC[C@@H](C)CN2CCOCC2)O[C@H]2C[C@H]3[C@@H]4CC=C5CC(=O)CC[C@]5(C)[C@H]4CC[C@]3(C)[C@@H]12. The van der Waals surface area contributed by atoms with Gasteiger partial charge in [0.15, 0.2) is 0 Å². The molecule has 0 bridgehead atoms. The molecule has 4 aliphatic carbocycles. The molecular weight excluding hydrogens is 434 g/mol. The van der Waals surface area contributed by atoms with Crippen LogP contribution in [0.1, 0.15) is 85.5 Å². The molecule has 1 saturated heterocycles. The van der Waals surface area contributed by atoms with Crippen LogP contribution < -0.4 is 0 Å². The van der Waals surface area contributed by atoms with Gasteiger partial charge >= 0.3 is 0 Å². The minimum atomic E-state index is 0.267. The molecular formula is C31H47NO3. The van der Waals surface area contributed by atoms with Crippen LogP contribution in [0.4, 0.5) is 0 Å². The Kier molecular flexibility index (Phi) is 6.24. The highest BCUT2D eigenvalue weighted by atomic mass is 16.5. The molecule has 8 atom stereocenters. The molecule has 0 radical (unpaired) electrons. The summed E-state index contributed by atoms with van der Waals surface area (Å²) in [6.07, 6.45) is 12.9. The predicted octanol–water partition coefficient (Wildman–Crippen LogP) is 6.17. The number of Topliss-reactive ketones (excluding diaryl/α,β-unsaturated/α-hetero) is 1. The van der Waals surface area contributed by atoms with Crippen LogP contribution in [0.3, 0.4) is 0 Å². The van der Waals surface area contributed by atoms with E-state index in [0.717, 1.165) is 69.7 Å². The van der Waals surface area contributed by atoms with Crippen molar-refractivity contribution in [3.8, 4) is 0 Å². The third-order valence-electron chi connectivity index (χ3n) is 11.7. The zero-order chi connectivity index (χ0) is 24.4. The lowest BCUT2D eigenvalue weighted by atomic mass is 9.47. The maximum Gasteiger partial charge on any atom is 0.136 e. The molecule has 4 heteroatoms. The summed E-state index contributed by atoms with van der Waals surface area (Å²) in [5.41, 5.74) is 3.71. The number of hydrogen-bond acceptors (Lipinski definition) is 4. The van der Waals surface area contributed by atoms with E-state index < -0.39 is 0 Å². The summed E-state index contributed by atoms with van der Waals surface area (Å²) in [7, 11) is 0. The van der Waals surface area contributed by atoms with Gasteiger partial charge in [-0.2, -0.15) is 0 Å². The Morgan fingerprint density at radius 1 is 1.17 bits per heavy atom. The second-order valence-electron chi connectivity index (χ2n) is 13.6. The van der Waals surface area contributed by atoms with Gasteiger partial charge in [0.05, 0.1) is 19.0 Å². The van der Waals surface area contributed by atoms with Crippen LogP contribution in [0.15, 0.2) is 23.0 Å². The van der Waals surface area contributed by atoms with E-state index in [0.29, 0.717) is 29.1 Å². The minimum absolute atomic E-state index is 0.267. The van der Waals surface area contributed by atoms with Crippen molar-refractivity contribution in [3.63, 3.8) is 0 Å². The Bertz CT molecular complexity index is 916. The van der Waals surface area contributed by atoms with Crippen molar-refractivity contribution in [2.24, 2.45) is 40.4 Å². The summed E-state index contributed by atoms with van der Waals surface area (Å²) in [6, 6.07) is 0. The lowest BCUT2D eigenvalue weighted by Gasteiger charge is -2.57. The third kappa shape index (κ3) is 3.97. The van der Waals surface area contributed by atoms with Crippen molar-refractivity contribution in [2.75, 3.05) is 32.8 Å². The first-order chi connectivity index (χ1) is 16.8. The fraction of sp³-hybridized carbons (Fsp3) is 0.839. The van der Waals surface area contributed by atoms with Crippen LogP contribution in [0.25, 0.3) is 0 Å². The van der Waals surface area contributed by atoms with E-state index in [2.05, 4.69) is 38.7 Å². The van der Waals surface area contributed by atoms with Gasteiger partial charge in [0.1, 0.15) is 11.9 Å². The van der Waals surface area contributed by atoms with E-state index >= 15 is 0 Å². The normalized spacial score (nSPS) is 44.2. The Morgan fingerprint density at radius 3 is 2.77 bits per heavy atom. The quantitative estimate of drug-likeness (QED) is 0.441. The van der Waals surface area contributed by atoms with Gasteiger partial charge in [-0.1, -0.05) is 32.4 Å². The number of ketones is 1. The van der Waals surface area contributed by atoms with Gasteiger partial charge in [-0.05, 0) is 85.5 Å².